The van der Waals surface area contributed by atoms with Crippen molar-refractivity contribution in [3.63, 3.8) is 0 Å². The predicted molar refractivity (Wildman–Crippen MR) is 119 cm³/mol. The highest BCUT2D eigenvalue weighted by Gasteiger charge is 2.32. The Morgan fingerprint density at radius 3 is 2.55 bits per heavy atom. The molecule has 1 atom stereocenters. The van der Waals surface area contributed by atoms with Crippen molar-refractivity contribution < 1.29 is 22.7 Å². The van der Waals surface area contributed by atoms with E-state index in [1.54, 1.807) is 19.1 Å². The lowest BCUT2D eigenvalue weighted by Gasteiger charge is -2.14. The second-order valence-corrected chi connectivity index (χ2v) is 9.26. The number of aromatic nitrogens is 3. The van der Waals surface area contributed by atoms with Gasteiger partial charge in [0, 0.05) is 11.7 Å². The van der Waals surface area contributed by atoms with Crippen molar-refractivity contribution in [2.75, 3.05) is 5.32 Å². The first kappa shape index (κ1) is 23.4. The van der Waals surface area contributed by atoms with Crippen LogP contribution >= 0.6 is 23.4 Å². The lowest BCUT2D eigenvalue weighted by atomic mass is 10.2. The molecule has 0 bridgehead atoms. The van der Waals surface area contributed by atoms with Crippen LogP contribution in [0.15, 0.2) is 53.7 Å². The van der Waals surface area contributed by atoms with E-state index in [2.05, 4.69) is 15.5 Å². The molecule has 6 nitrogen and oxygen atoms in total. The van der Waals surface area contributed by atoms with Gasteiger partial charge < -0.3 is 10.1 Å². The molecule has 11 heteroatoms. The maximum absolute atomic E-state index is 12.7. The van der Waals surface area contributed by atoms with E-state index in [1.807, 2.05) is 16.7 Å². The third kappa shape index (κ3) is 5.80. The quantitative estimate of drug-likeness (QED) is 0.388. The van der Waals surface area contributed by atoms with Crippen LogP contribution in [0.1, 0.15) is 37.2 Å². The fraction of sp³-hybridized carbons (Fsp3) is 0.318. The average Bonchev–Trinajstić information content (AvgIpc) is 3.53. The molecule has 1 saturated carbocycles. The minimum atomic E-state index is -4.42. The summed E-state index contributed by atoms with van der Waals surface area (Å²) in [7, 11) is 0. The summed E-state index contributed by atoms with van der Waals surface area (Å²) in [6, 6.07) is 11.7. The Bertz CT molecular complexity index is 1130. The van der Waals surface area contributed by atoms with Crippen LogP contribution in [0.3, 0.4) is 0 Å². The van der Waals surface area contributed by atoms with Crippen LogP contribution in [0.25, 0.3) is 0 Å². The Labute approximate surface area is 197 Å². The summed E-state index contributed by atoms with van der Waals surface area (Å²) in [5, 5.41) is 11.7. The molecule has 174 valence electrons. The smallest absolute Gasteiger partial charge is 0.416 e. The fourth-order valence-electron chi connectivity index (χ4n) is 3.09. The second-order valence-electron chi connectivity index (χ2n) is 7.54. The number of amides is 1. The molecule has 33 heavy (non-hydrogen) atoms. The second kappa shape index (κ2) is 9.64. The first-order valence-corrected chi connectivity index (χ1v) is 11.4. The molecule has 1 heterocycles. The van der Waals surface area contributed by atoms with E-state index < -0.39 is 17.0 Å². The molecule has 0 spiro atoms. The number of halogens is 4. The van der Waals surface area contributed by atoms with Gasteiger partial charge in [0.25, 0.3) is 0 Å². The van der Waals surface area contributed by atoms with Crippen molar-refractivity contribution in [2.24, 2.45) is 0 Å². The van der Waals surface area contributed by atoms with Crippen molar-refractivity contribution in [2.45, 2.75) is 49.0 Å². The molecule has 1 amide bonds. The van der Waals surface area contributed by atoms with Gasteiger partial charge in [0.2, 0.25) is 5.91 Å². The predicted octanol–water partition coefficient (Wildman–Crippen LogP) is 5.98. The third-order valence-corrected chi connectivity index (χ3v) is 6.34. The molecule has 1 aromatic heterocycles. The third-order valence-electron chi connectivity index (χ3n) is 4.97. The van der Waals surface area contributed by atoms with Gasteiger partial charge in [-0.2, -0.15) is 13.2 Å². The van der Waals surface area contributed by atoms with Crippen molar-refractivity contribution in [1.82, 2.24) is 14.8 Å². The van der Waals surface area contributed by atoms with Gasteiger partial charge >= 0.3 is 6.18 Å². The minimum absolute atomic E-state index is 0.180. The number of ether oxygens (including phenoxy) is 1. The van der Waals surface area contributed by atoms with Crippen LogP contribution in [-0.2, 0) is 17.6 Å². The van der Waals surface area contributed by atoms with Gasteiger partial charge in [0.15, 0.2) is 11.0 Å². The van der Waals surface area contributed by atoms with Crippen molar-refractivity contribution >= 4 is 35.0 Å². The molecule has 1 fully saturated rings. The molecule has 1 aliphatic carbocycles. The lowest BCUT2D eigenvalue weighted by Crippen LogP contribution is -2.23. The Morgan fingerprint density at radius 1 is 1.21 bits per heavy atom. The van der Waals surface area contributed by atoms with E-state index in [0.717, 1.165) is 25.0 Å². The molecule has 4 rings (SSSR count). The molecule has 0 saturated heterocycles. The topological polar surface area (TPSA) is 69.0 Å². The number of nitrogens with one attached hydrogen (secondary N) is 1. The summed E-state index contributed by atoms with van der Waals surface area (Å²) in [4.78, 5) is 12.6. The number of para-hydroxylation sites is 1. The van der Waals surface area contributed by atoms with Crippen LogP contribution in [-0.4, -0.2) is 25.9 Å². The first-order valence-electron chi connectivity index (χ1n) is 10.2. The van der Waals surface area contributed by atoms with E-state index >= 15 is 0 Å². The van der Waals surface area contributed by atoms with Gasteiger partial charge in [0.1, 0.15) is 12.4 Å². The van der Waals surface area contributed by atoms with E-state index in [4.69, 9.17) is 16.3 Å². The lowest BCUT2D eigenvalue weighted by molar-refractivity contribution is -0.137. The fourth-order valence-corrected chi connectivity index (χ4v) is 4.22. The Kier molecular flexibility index (Phi) is 6.85. The van der Waals surface area contributed by atoms with Crippen LogP contribution in [0.5, 0.6) is 5.75 Å². The van der Waals surface area contributed by atoms with Crippen molar-refractivity contribution in [3.8, 4) is 5.75 Å². The maximum atomic E-state index is 12.7. The first-order chi connectivity index (χ1) is 15.7. The average molecular weight is 497 g/mol. The van der Waals surface area contributed by atoms with Crippen LogP contribution in [0.2, 0.25) is 5.02 Å². The SMILES string of the molecule is CC(Sc1nnc(COc2ccccc2Cl)n1C1CC1)C(=O)Nc1ccc(C(F)(F)F)cc1. The summed E-state index contributed by atoms with van der Waals surface area (Å²) < 4.78 is 45.9. The normalized spacial score (nSPS) is 14.7. The number of carbonyl (C=O) groups is 1. The van der Waals surface area contributed by atoms with E-state index in [-0.39, 0.29) is 24.2 Å². The highest BCUT2D eigenvalue weighted by molar-refractivity contribution is 8.00. The molecular weight excluding hydrogens is 477 g/mol. The maximum Gasteiger partial charge on any atom is 0.416 e. The molecule has 3 aromatic rings. The van der Waals surface area contributed by atoms with Gasteiger partial charge in [-0.05, 0) is 56.2 Å². The summed E-state index contributed by atoms with van der Waals surface area (Å²) in [6.07, 6.45) is -2.46. The molecule has 1 aliphatic rings. The largest absolute Gasteiger partial charge is 0.484 e. The number of benzene rings is 2. The number of thioether (sulfide) groups is 1. The number of hydrogen-bond acceptors (Lipinski definition) is 5. The minimum Gasteiger partial charge on any atom is -0.484 e. The van der Waals surface area contributed by atoms with E-state index in [9.17, 15) is 18.0 Å². The highest BCUT2D eigenvalue weighted by Crippen LogP contribution is 2.40. The number of rotatable bonds is 8. The number of anilines is 1. The zero-order valence-electron chi connectivity index (χ0n) is 17.5. The zero-order chi connectivity index (χ0) is 23.6. The molecule has 0 aliphatic heterocycles. The van der Waals surface area contributed by atoms with Crippen LogP contribution in [0.4, 0.5) is 18.9 Å². The van der Waals surface area contributed by atoms with E-state index in [0.29, 0.717) is 21.8 Å². The monoisotopic (exact) mass is 496 g/mol. The number of nitrogens with zero attached hydrogens (tertiary/aromatic N) is 3. The Balaban J connectivity index is 1.41. The van der Waals surface area contributed by atoms with Gasteiger partial charge in [-0.25, -0.2) is 0 Å². The van der Waals surface area contributed by atoms with Crippen molar-refractivity contribution in [1.29, 1.82) is 0 Å². The number of hydrogen-bond donors (Lipinski definition) is 1. The standard InChI is InChI=1S/C22H20ClF3N4O2S/c1-13(20(31)27-15-8-6-14(7-9-15)22(24,25)26)33-21-29-28-19(30(21)16-10-11-16)12-32-18-5-3-2-4-17(18)23/h2-9,13,16H,10-12H2,1H3,(H,27,31). The molecule has 1 unspecified atom stereocenters. The van der Waals surface area contributed by atoms with Crippen molar-refractivity contribution in [3.05, 3.63) is 64.9 Å². The van der Waals surface area contributed by atoms with E-state index in [1.165, 1.54) is 23.9 Å². The molecular formula is C22H20ClF3N4O2S. The highest BCUT2D eigenvalue weighted by atomic mass is 35.5. The summed E-state index contributed by atoms with van der Waals surface area (Å²) in [5.74, 6) is 0.831. The Hall–Kier alpha value is -2.72. The summed E-state index contributed by atoms with van der Waals surface area (Å²) >= 11 is 7.37. The molecule has 2 aromatic carbocycles. The van der Waals surface area contributed by atoms with Crippen LogP contribution < -0.4 is 10.1 Å². The van der Waals surface area contributed by atoms with Gasteiger partial charge in [-0.15, -0.1) is 10.2 Å². The van der Waals surface area contributed by atoms with Gasteiger partial charge in [-0.3, -0.25) is 9.36 Å². The zero-order valence-corrected chi connectivity index (χ0v) is 19.0. The van der Waals surface area contributed by atoms with Gasteiger partial charge in [-0.1, -0.05) is 35.5 Å². The number of carbonyl (C=O) groups excluding carboxylic acids is 1. The number of alkyl halides is 3. The van der Waals surface area contributed by atoms with Gasteiger partial charge in [0.05, 0.1) is 15.8 Å². The summed E-state index contributed by atoms with van der Waals surface area (Å²) in [6.45, 7) is 1.88. The Morgan fingerprint density at radius 2 is 1.91 bits per heavy atom. The molecule has 0 radical (unpaired) electrons. The molecule has 1 N–H and O–H groups in total. The summed E-state index contributed by atoms with van der Waals surface area (Å²) in [5.41, 5.74) is -0.482. The van der Waals surface area contributed by atoms with Crippen LogP contribution in [0, 0.1) is 0 Å².